The van der Waals surface area contributed by atoms with E-state index in [0.717, 1.165) is 16.3 Å². The zero-order chi connectivity index (χ0) is 16.9. The van der Waals surface area contributed by atoms with Crippen molar-refractivity contribution in [2.24, 2.45) is 0 Å². The van der Waals surface area contributed by atoms with Gasteiger partial charge in [0.2, 0.25) is 0 Å². The lowest BCUT2D eigenvalue weighted by atomic mass is 10.0. The first-order valence-electron chi connectivity index (χ1n) is 7.75. The summed E-state index contributed by atoms with van der Waals surface area (Å²) in [7, 11) is 0. The zero-order valence-corrected chi connectivity index (χ0v) is 14.4. The van der Waals surface area contributed by atoms with Crippen LogP contribution in [0.1, 0.15) is 41.4 Å². The van der Waals surface area contributed by atoms with Gasteiger partial charge in [-0.05, 0) is 23.6 Å². The molecule has 24 heavy (non-hydrogen) atoms. The van der Waals surface area contributed by atoms with Gasteiger partial charge in [-0.15, -0.1) is 11.3 Å². The highest BCUT2D eigenvalue weighted by Gasteiger charge is 2.10. The third kappa shape index (κ3) is 3.86. The predicted octanol–water partition coefficient (Wildman–Crippen LogP) is 4.69. The van der Waals surface area contributed by atoms with Crippen LogP contribution in [0.15, 0.2) is 54.2 Å². The molecule has 0 bridgehead atoms. The first-order chi connectivity index (χ1) is 11.6. The summed E-state index contributed by atoms with van der Waals surface area (Å²) in [4.78, 5) is 20.4. The topological polar surface area (TPSA) is 52.1 Å². The molecule has 0 spiro atoms. The molecule has 0 aliphatic carbocycles. The maximum Gasteiger partial charge on any atom is 0.340 e. The molecule has 2 aromatic heterocycles. The molecule has 0 atom stereocenters. The largest absolute Gasteiger partial charge is 0.456 e. The molecule has 0 saturated heterocycles. The maximum absolute atomic E-state index is 11.9. The molecular weight excluding hydrogens is 320 g/mol. The molecule has 0 amide bonds. The number of esters is 1. The molecule has 0 radical (unpaired) electrons. The summed E-state index contributed by atoms with van der Waals surface area (Å²) < 4.78 is 5.28. The van der Waals surface area contributed by atoms with Crippen molar-refractivity contribution in [1.29, 1.82) is 0 Å². The van der Waals surface area contributed by atoms with Crippen molar-refractivity contribution in [3.63, 3.8) is 0 Å². The van der Waals surface area contributed by atoms with E-state index in [9.17, 15) is 4.79 Å². The van der Waals surface area contributed by atoms with E-state index in [0.29, 0.717) is 11.5 Å². The molecule has 0 saturated carbocycles. The van der Waals surface area contributed by atoms with Crippen LogP contribution in [-0.2, 0) is 11.3 Å². The highest BCUT2D eigenvalue weighted by molar-refractivity contribution is 7.13. The van der Waals surface area contributed by atoms with E-state index >= 15 is 0 Å². The Morgan fingerprint density at radius 3 is 2.67 bits per heavy atom. The monoisotopic (exact) mass is 338 g/mol. The number of carbonyl (C=O) groups is 1. The summed E-state index contributed by atoms with van der Waals surface area (Å²) in [6.07, 6.45) is 3.11. The maximum atomic E-state index is 11.9. The number of aromatic nitrogens is 2. The van der Waals surface area contributed by atoms with Crippen LogP contribution in [0.2, 0.25) is 0 Å². The second-order valence-corrected chi connectivity index (χ2v) is 6.60. The molecule has 3 aromatic rings. The SMILES string of the molecule is CC(C)c1ccc(-c2nc(COC(=O)c3cccnc3)cs2)cc1. The fourth-order valence-corrected chi connectivity index (χ4v) is 3.03. The average Bonchev–Trinajstić information content (AvgIpc) is 3.09. The minimum Gasteiger partial charge on any atom is -0.456 e. The van der Waals surface area contributed by atoms with Gasteiger partial charge in [-0.25, -0.2) is 9.78 Å². The number of carbonyl (C=O) groups excluding carboxylic acids is 1. The van der Waals surface area contributed by atoms with Crippen LogP contribution < -0.4 is 0 Å². The van der Waals surface area contributed by atoms with Gasteiger partial charge >= 0.3 is 5.97 Å². The third-order valence-electron chi connectivity index (χ3n) is 3.62. The van der Waals surface area contributed by atoms with Gasteiger partial charge in [-0.2, -0.15) is 0 Å². The molecular formula is C19H18N2O2S. The van der Waals surface area contributed by atoms with Crippen LogP contribution in [0.25, 0.3) is 10.6 Å². The Morgan fingerprint density at radius 1 is 1.21 bits per heavy atom. The lowest BCUT2D eigenvalue weighted by molar-refractivity contribution is 0.0468. The average molecular weight is 338 g/mol. The molecule has 122 valence electrons. The number of benzene rings is 1. The molecule has 0 unspecified atom stereocenters. The molecule has 5 heteroatoms. The molecule has 1 aromatic carbocycles. The van der Waals surface area contributed by atoms with Gasteiger partial charge in [0.1, 0.15) is 11.6 Å². The molecule has 0 N–H and O–H groups in total. The first-order valence-corrected chi connectivity index (χ1v) is 8.63. The van der Waals surface area contributed by atoms with E-state index in [1.807, 2.05) is 5.38 Å². The highest BCUT2D eigenvalue weighted by Crippen LogP contribution is 2.26. The number of ether oxygens (including phenoxy) is 1. The molecule has 0 aliphatic rings. The summed E-state index contributed by atoms with van der Waals surface area (Å²) in [5, 5.41) is 2.85. The zero-order valence-electron chi connectivity index (χ0n) is 13.6. The van der Waals surface area contributed by atoms with E-state index in [1.54, 1.807) is 29.7 Å². The molecule has 4 nitrogen and oxygen atoms in total. The Hall–Kier alpha value is -2.53. The van der Waals surface area contributed by atoms with Crippen LogP contribution in [0.4, 0.5) is 0 Å². The minimum absolute atomic E-state index is 0.161. The quantitative estimate of drug-likeness (QED) is 0.634. The van der Waals surface area contributed by atoms with Gasteiger partial charge in [0.15, 0.2) is 0 Å². The van der Waals surface area contributed by atoms with Crippen molar-refractivity contribution >= 4 is 17.3 Å². The molecule has 0 fully saturated rings. The van der Waals surface area contributed by atoms with Gasteiger partial charge in [0.25, 0.3) is 0 Å². The van der Waals surface area contributed by atoms with Gasteiger partial charge in [0.05, 0.1) is 11.3 Å². The van der Waals surface area contributed by atoms with Gasteiger partial charge in [0, 0.05) is 23.3 Å². The Balaban J connectivity index is 1.64. The molecule has 3 rings (SSSR count). The normalized spacial score (nSPS) is 10.8. The number of nitrogens with zero attached hydrogens (tertiary/aromatic N) is 2. The van der Waals surface area contributed by atoms with Crippen LogP contribution in [-0.4, -0.2) is 15.9 Å². The Morgan fingerprint density at radius 2 is 2.00 bits per heavy atom. The summed E-state index contributed by atoms with van der Waals surface area (Å²) in [5.74, 6) is 0.122. The van der Waals surface area contributed by atoms with Crippen molar-refractivity contribution in [3.8, 4) is 10.6 Å². The van der Waals surface area contributed by atoms with E-state index in [4.69, 9.17) is 4.74 Å². The van der Waals surface area contributed by atoms with E-state index in [2.05, 4.69) is 48.1 Å². The molecule has 2 heterocycles. The van der Waals surface area contributed by atoms with Crippen LogP contribution in [0.3, 0.4) is 0 Å². The lowest BCUT2D eigenvalue weighted by Crippen LogP contribution is -2.05. The number of hydrogen-bond acceptors (Lipinski definition) is 5. The summed E-state index contributed by atoms with van der Waals surface area (Å²) in [6, 6.07) is 11.8. The van der Waals surface area contributed by atoms with Crippen molar-refractivity contribution in [1.82, 2.24) is 9.97 Å². The minimum atomic E-state index is -0.390. The summed E-state index contributed by atoms with van der Waals surface area (Å²) >= 11 is 1.55. The predicted molar refractivity (Wildman–Crippen MR) is 95.0 cm³/mol. The summed E-state index contributed by atoms with van der Waals surface area (Å²) in [6.45, 7) is 4.51. The van der Waals surface area contributed by atoms with Crippen LogP contribution >= 0.6 is 11.3 Å². The highest BCUT2D eigenvalue weighted by atomic mass is 32.1. The molecule has 0 aliphatic heterocycles. The van der Waals surface area contributed by atoms with Crippen LogP contribution in [0.5, 0.6) is 0 Å². The van der Waals surface area contributed by atoms with Crippen molar-refractivity contribution < 1.29 is 9.53 Å². The fraction of sp³-hybridized carbons (Fsp3) is 0.211. The number of pyridine rings is 1. The number of thiazole rings is 1. The lowest BCUT2D eigenvalue weighted by Gasteiger charge is -2.05. The third-order valence-corrected chi connectivity index (χ3v) is 4.56. The second kappa shape index (κ2) is 7.36. The van der Waals surface area contributed by atoms with E-state index in [1.165, 1.54) is 11.8 Å². The number of hydrogen-bond donors (Lipinski definition) is 0. The van der Waals surface area contributed by atoms with Crippen molar-refractivity contribution in [2.45, 2.75) is 26.4 Å². The smallest absolute Gasteiger partial charge is 0.340 e. The Kier molecular flexibility index (Phi) is 5.01. The van der Waals surface area contributed by atoms with Gasteiger partial charge < -0.3 is 4.74 Å². The standard InChI is InChI=1S/C19H18N2O2S/c1-13(2)14-5-7-15(8-6-14)18-21-17(12-24-18)11-23-19(22)16-4-3-9-20-10-16/h3-10,12-13H,11H2,1-2H3. The Labute approximate surface area is 145 Å². The fourth-order valence-electron chi connectivity index (χ4n) is 2.22. The number of rotatable bonds is 5. The van der Waals surface area contributed by atoms with E-state index in [-0.39, 0.29) is 12.6 Å². The van der Waals surface area contributed by atoms with Gasteiger partial charge in [-0.1, -0.05) is 38.1 Å². The second-order valence-electron chi connectivity index (χ2n) is 5.74. The van der Waals surface area contributed by atoms with Crippen LogP contribution in [0, 0.1) is 0 Å². The van der Waals surface area contributed by atoms with Crippen molar-refractivity contribution in [2.75, 3.05) is 0 Å². The van der Waals surface area contributed by atoms with Gasteiger partial charge in [-0.3, -0.25) is 4.98 Å². The van der Waals surface area contributed by atoms with Crippen molar-refractivity contribution in [3.05, 3.63) is 71.0 Å². The first kappa shape index (κ1) is 16.3. The van der Waals surface area contributed by atoms with E-state index < -0.39 is 0 Å². The Bertz CT molecular complexity index is 811. The summed E-state index contributed by atoms with van der Waals surface area (Å²) in [5.41, 5.74) is 3.58.